The van der Waals surface area contributed by atoms with E-state index in [1.807, 2.05) is 11.9 Å². The van der Waals surface area contributed by atoms with E-state index in [1.165, 1.54) is 10.5 Å². The molecule has 28 heavy (non-hydrogen) atoms. The van der Waals surface area contributed by atoms with Crippen molar-refractivity contribution in [2.45, 2.75) is 64.0 Å². The molecule has 2 atom stereocenters. The maximum absolute atomic E-state index is 6.12. The van der Waals surface area contributed by atoms with E-state index in [1.54, 1.807) is 0 Å². The first-order chi connectivity index (χ1) is 13.5. The predicted octanol–water partition coefficient (Wildman–Crippen LogP) is 4.29. The van der Waals surface area contributed by atoms with Gasteiger partial charge in [0, 0.05) is 24.6 Å². The summed E-state index contributed by atoms with van der Waals surface area (Å²) in [6, 6.07) is 8.98. The molecule has 0 aromatic heterocycles. The first kappa shape index (κ1) is 23.2. The van der Waals surface area contributed by atoms with Gasteiger partial charge in [0.05, 0.1) is 18.8 Å². The van der Waals surface area contributed by atoms with Crippen molar-refractivity contribution in [3.8, 4) is 0 Å². The van der Waals surface area contributed by atoms with Gasteiger partial charge in [0.15, 0.2) is 0 Å². The fourth-order valence-electron chi connectivity index (χ4n) is 3.10. The fourth-order valence-corrected chi connectivity index (χ4v) is 4.23. The summed E-state index contributed by atoms with van der Waals surface area (Å²) in [4.78, 5) is 6.00. The largest absolute Gasteiger partial charge is 0.386 e. The number of benzene rings is 1. The van der Waals surface area contributed by atoms with Crippen molar-refractivity contribution in [1.29, 1.82) is 0 Å². The molecule has 0 spiro atoms. The average Bonchev–Trinajstić information content (AvgIpc) is 3.18. The molecule has 2 rings (SSSR count). The molecule has 158 valence electrons. The fraction of sp³-hybridized carbons (Fsp3) is 0.682. The van der Waals surface area contributed by atoms with Crippen LogP contribution in [0, 0.1) is 12.8 Å². The molecule has 1 aliphatic heterocycles. The Morgan fingerprint density at radius 2 is 2.11 bits per heavy atom. The molecule has 0 aliphatic carbocycles. The van der Waals surface area contributed by atoms with Crippen LogP contribution in [0.15, 0.2) is 34.2 Å². The van der Waals surface area contributed by atoms with Gasteiger partial charge in [-0.25, -0.2) is 4.31 Å². The van der Waals surface area contributed by atoms with Crippen LogP contribution in [0.2, 0.25) is 0 Å². The van der Waals surface area contributed by atoms with Gasteiger partial charge in [-0.15, -0.1) is 0 Å². The SMILES string of the molecule is CCC(CCN(CC(C)C)Sc1ccc(C)cc1)N=C(N)COC1CCOC1. The molecule has 1 aromatic carbocycles. The first-order valence-electron chi connectivity index (χ1n) is 10.5. The van der Waals surface area contributed by atoms with E-state index in [2.05, 4.69) is 56.3 Å². The maximum Gasteiger partial charge on any atom is 0.120 e. The van der Waals surface area contributed by atoms with Gasteiger partial charge in [-0.05, 0) is 56.2 Å². The van der Waals surface area contributed by atoms with Crippen molar-refractivity contribution in [1.82, 2.24) is 4.31 Å². The van der Waals surface area contributed by atoms with Gasteiger partial charge in [-0.2, -0.15) is 0 Å². The molecule has 1 heterocycles. The highest BCUT2D eigenvalue weighted by molar-refractivity contribution is 7.97. The van der Waals surface area contributed by atoms with Gasteiger partial charge in [0.2, 0.25) is 0 Å². The van der Waals surface area contributed by atoms with Crippen LogP contribution < -0.4 is 5.73 Å². The summed E-state index contributed by atoms with van der Waals surface area (Å²) in [5.41, 5.74) is 7.41. The average molecular weight is 408 g/mol. The smallest absolute Gasteiger partial charge is 0.120 e. The molecule has 0 amide bonds. The van der Waals surface area contributed by atoms with Gasteiger partial charge in [-0.1, -0.05) is 38.5 Å². The first-order valence-corrected chi connectivity index (χ1v) is 11.2. The number of hydrogen-bond acceptors (Lipinski definition) is 5. The maximum atomic E-state index is 6.12. The zero-order chi connectivity index (χ0) is 20.4. The van der Waals surface area contributed by atoms with Crippen molar-refractivity contribution in [2.24, 2.45) is 16.6 Å². The van der Waals surface area contributed by atoms with E-state index in [4.69, 9.17) is 20.2 Å². The minimum absolute atomic E-state index is 0.168. The van der Waals surface area contributed by atoms with E-state index in [0.717, 1.165) is 39.0 Å². The van der Waals surface area contributed by atoms with Crippen molar-refractivity contribution in [3.05, 3.63) is 29.8 Å². The highest BCUT2D eigenvalue weighted by atomic mass is 32.2. The van der Waals surface area contributed by atoms with Gasteiger partial charge in [0.25, 0.3) is 0 Å². The van der Waals surface area contributed by atoms with Gasteiger partial charge >= 0.3 is 0 Å². The van der Waals surface area contributed by atoms with E-state index >= 15 is 0 Å². The molecule has 1 fully saturated rings. The summed E-state index contributed by atoms with van der Waals surface area (Å²) in [5, 5.41) is 0. The number of rotatable bonds is 12. The molecular formula is C22H37N3O2S. The second kappa shape index (κ2) is 12.5. The number of nitrogens with zero attached hydrogens (tertiary/aromatic N) is 2. The highest BCUT2D eigenvalue weighted by Gasteiger charge is 2.17. The Morgan fingerprint density at radius 3 is 2.71 bits per heavy atom. The number of aliphatic imine (C=N–C) groups is 1. The lowest BCUT2D eigenvalue weighted by Gasteiger charge is -2.24. The van der Waals surface area contributed by atoms with E-state index in [-0.39, 0.29) is 12.1 Å². The molecule has 5 nitrogen and oxygen atoms in total. The summed E-state index contributed by atoms with van der Waals surface area (Å²) in [5.74, 6) is 1.22. The standard InChI is InChI=1S/C22H37N3O2S/c1-5-19(24-22(23)16-27-20-11-13-26-15-20)10-12-25(14-17(2)3)28-21-8-6-18(4)7-9-21/h6-9,17,19-20H,5,10-16H2,1-4H3,(H2,23,24). The normalized spacial score (nSPS) is 18.9. The summed E-state index contributed by atoms with van der Waals surface area (Å²) >= 11 is 1.84. The highest BCUT2D eigenvalue weighted by Crippen LogP contribution is 2.25. The number of amidine groups is 1. The van der Waals surface area contributed by atoms with E-state index < -0.39 is 0 Å². The van der Waals surface area contributed by atoms with Crippen molar-refractivity contribution >= 4 is 17.8 Å². The van der Waals surface area contributed by atoms with Crippen LogP contribution in [0.1, 0.15) is 45.6 Å². The van der Waals surface area contributed by atoms with Crippen molar-refractivity contribution in [2.75, 3.05) is 32.9 Å². The Labute approximate surface area is 175 Å². The lowest BCUT2D eigenvalue weighted by molar-refractivity contribution is 0.0655. The number of ether oxygens (including phenoxy) is 2. The third-order valence-electron chi connectivity index (χ3n) is 4.71. The second-order valence-corrected chi connectivity index (χ2v) is 9.12. The van der Waals surface area contributed by atoms with Gasteiger partial charge in [-0.3, -0.25) is 4.99 Å². The lowest BCUT2D eigenvalue weighted by Crippen LogP contribution is -2.28. The molecule has 0 radical (unpaired) electrons. The van der Waals surface area contributed by atoms with Crippen LogP contribution >= 0.6 is 11.9 Å². The van der Waals surface area contributed by atoms with Crippen molar-refractivity contribution in [3.63, 3.8) is 0 Å². The van der Waals surface area contributed by atoms with Crippen LogP contribution in [0.5, 0.6) is 0 Å². The summed E-state index contributed by atoms with van der Waals surface area (Å²) in [6.45, 7) is 12.7. The van der Waals surface area contributed by atoms with Gasteiger partial charge < -0.3 is 15.2 Å². The van der Waals surface area contributed by atoms with Crippen LogP contribution in [0.4, 0.5) is 0 Å². The molecule has 2 unspecified atom stereocenters. The summed E-state index contributed by atoms with van der Waals surface area (Å²) in [6.07, 6.45) is 3.10. The van der Waals surface area contributed by atoms with Crippen LogP contribution in [-0.2, 0) is 9.47 Å². The topological polar surface area (TPSA) is 60.1 Å². The number of nitrogens with two attached hydrogens (primary N) is 1. The summed E-state index contributed by atoms with van der Waals surface area (Å²) < 4.78 is 13.6. The lowest BCUT2D eigenvalue weighted by atomic mass is 10.1. The van der Waals surface area contributed by atoms with Crippen LogP contribution in [0.3, 0.4) is 0 Å². The Balaban J connectivity index is 1.85. The zero-order valence-corrected chi connectivity index (χ0v) is 18.7. The number of aryl methyl sites for hydroxylation is 1. The molecule has 2 N–H and O–H groups in total. The third kappa shape index (κ3) is 8.95. The third-order valence-corrected chi connectivity index (χ3v) is 5.78. The van der Waals surface area contributed by atoms with Crippen LogP contribution in [-0.4, -0.2) is 55.2 Å². The minimum atomic E-state index is 0.168. The Hall–Kier alpha value is -1.08. The van der Waals surface area contributed by atoms with Gasteiger partial charge in [0.1, 0.15) is 12.4 Å². The molecule has 1 saturated heterocycles. The van der Waals surface area contributed by atoms with Crippen LogP contribution in [0.25, 0.3) is 0 Å². The zero-order valence-electron chi connectivity index (χ0n) is 17.9. The van der Waals surface area contributed by atoms with Crippen molar-refractivity contribution < 1.29 is 9.47 Å². The minimum Gasteiger partial charge on any atom is -0.386 e. The Bertz CT molecular complexity index is 586. The monoisotopic (exact) mass is 407 g/mol. The summed E-state index contributed by atoms with van der Waals surface area (Å²) in [7, 11) is 0. The molecule has 0 bridgehead atoms. The molecule has 0 saturated carbocycles. The molecule has 1 aliphatic rings. The van der Waals surface area contributed by atoms with E-state index in [9.17, 15) is 0 Å². The molecule has 6 heteroatoms. The molecular weight excluding hydrogens is 370 g/mol. The Morgan fingerprint density at radius 1 is 1.36 bits per heavy atom. The predicted molar refractivity (Wildman–Crippen MR) is 119 cm³/mol. The molecule has 1 aromatic rings. The number of hydrogen-bond donors (Lipinski definition) is 1. The quantitative estimate of drug-likeness (QED) is 0.318. The van der Waals surface area contributed by atoms with E-state index in [0.29, 0.717) is 25.0 Å². The Kier molecular flexibility index (Phi) is 10.3. The second-order valence-electron chi connectivity index (χ2n) is 7.95.